The molecule has 0 bridgehead atoms. The molecule has 1 aliphatic heterocycles. The second-order valence-electron chi connectivity index (χ2n) is 3.14. The summed E-state index contributed by atoms with van der Waals surface area (Å²) in [5.74, 6) is 1.40. The monoisotopic (exact) mass is 191 g/mol. The third kappa shape index (κ3) is 1.51. The van der Waals surface area contributed by atoms with Crippen LogP contribution in [-0.2, 0) is 0 Å². The lowest BCUT2D eigenvalue weighted by Crippen LogP contribution is -2.20. The Morgan fingerprint density at radius 3 is 2.71 bits per heavy atom. The highest BCUT2D eigenvalue weighted by Gasteiger charge is 2.10. The molecule has 0 saturated heterocycles. The summed E-state index contributed by atoms with van der Waals surface area (Å²) in [4.78, 5) is 6.45. The summed E-state index contributed by atoms with van der Waals surface area (Å²) in [6.45, 7) is 1.81. The van der Waals surface area contributed by atoms with Crippen LogP contribution in [0.5, 0.6) is 5.88 Å². The van der Waals surface area contributed by atoms with Gasteiger partial charge in [-0.25, -0.2) is 0 Å². The lowest BCUT2D eigenvalue weighted by molar-refractivity contribution is 0.400. The number of nitrogens with zero attached hydrogens (tertiary/aromatic N) is 2. The van der Waals surface area contributed by atoms with Crippen LogP contribution in [-0.4, -0.2) is 25.2 Å². The van der Waals surface area contributed by atoms with Gasteiger partial charge in [-0.15, -0.1) is 0 Å². The lowest BCUT2D eigenvalue weighted by atomic mass is 10.4. The molecule has 14 heavy (non-hydrogen) atoms. The highest BCUT2D eigenvalue weighted by molar-refractivity contribution is 5.55. The van der Waals surface area contributed by atoms with Crippen LogP contribution in [0.1, 0.15) is 0 Å². The summed E-state index contributed by atoms with van der Waals surface area (Å²) in [6, 6.07) is 3.73. The first-order chi connectivity index (χ1) is 6.81. The van der Waals surface area contributed by atoms with Gasteiger partial charge in [-0.1, -0.05) is 12.2 Å². The molecule has 0 atom stereocenters. The van der Waals surface area contributed by atoms with Crippen LogP contribution in [0, 0.1) is 0 Å². The number of nitrogen functional groups attached to an aromatic ring is 1. The molecule has 0 radical (unpaired) electrons. The molecule has 1 aromatic heterocycles. The van der Waals surface area contributed by atoms with Crippen molar-refractivity contribution < 1.29 is 4.74 Å². The fourth-order valence-electron chi connectivity index (χ4n) is 1.45. The Balaban J connectivity index is 2.26. The summed E-state index contributed by atoms with van der Waals surface area (Å²) >= 11 is 0. The highest BCUT2D eigenvalue weighted by Crippen LogP contribution is 2.23. The Kier molecular flexibility index (Phi) is 2.26. The number of methoxy groups -OCH3 is 1. The number of anilines is 2. The molecule has 0 saturated carbocycles. The molecular formula is C10H13N3O. The summed E-state index contributed by atoms with van der Waals surface area (Å²) < 4.78 is 5.06. The molecule has 74 valence electrons. The molecular weight excluding hydrogens is 178 g/mol. The number of pyridine rings is 1. The molecule has 0 aliphatic carbocycles. The standard InChI is InChI=1S/C10H13N3O/c1-14-10-8(11)4-5-9(12-10)13-6-2-3-7-13/h2-5H,6-7,11H2,1H3. The van der Waals surface area contributed by atoms with E-state index in [1.54, 1.807) is 7.11 Å². The first-order valence-electron chi connectivity index (χ1n) is 4.51. The minimum absolute atomic E-state index is 0.495. The average Bonchev–Trinajstić information content (AvgIpc) is 2.71. The SMILES string of the molecule is COc1nc(N2CC=CC2)ccc1N. The van der Waals surface area contributed by atoms with Crippen LogP contribution in [0.15, 0.2) is 24.3 Å². The topological polar surface area (TPSA) is 51.4 Å². The molecule has 0 unspecified atom stereocenters. The van der Waals surface area contributed by atoms with Crippen molar-refractivity contribution in [2.24, 2.45) is 0 Å². The summed E-state index contributed by atoms with van der Waals surface area (Å²) in [5.41, 5.74) is 6.25. The fourth-order valence-corrected chi connectivity index (χ4v) is 1.45. The average molecular weight is 191 g/mol. The van der Waals surface area contributed by atoms with E-state index in [0.29, 0.717) is 11.6 Å². The smallest absolute Gasteiger partial charge is 0.238 e. The van der Waals surface area contributed by atoms with Gasteiger partial charge in [0.1, 0.15) is 5.82 Å². The molecule has 2 heterocycles. The highest BCUT2D eigenvalue weighted by atomic mass is 16.5. The number of aromatic nitrogens is 1. The van der Waals surface area contributed by atoms with Gasteiger partial charge in [-0.2, -0.15) is 4.98 Å². The maximum Gasteiger partial charge on any atom is 0.238 e. The van der Waals surface area contributed by atoms with E-state index < -0.39 is 0 Å². The van der Waals surface area contributed by atoms with E-state index in [4.69, 9.17) is 10.5 Å². The zero-order valence-corrected chi connectivity index (χ0v) is 8.10. The van der Waals surface area contributed by atoms with Gasteiger partial charge < -0.3 is 15.4 Å². The molecule has 2 rings (SSSR count). The van der Waals surface area contributed by atoms with E-state index in [1.807, 2.05) is 12.1 Å². The minimum Gasteiger partial charge on any atom is -0.479 e. The number of ether oxygens (including phenoxy) is 1. The number of hydrogen-bond donors (Lipinski definition) is 1. The van der Waals surface area contributed by atoms with Gasteiger partial charge in [0.2, 0.25) is 5.88 Å². The van der Waals surface area contributed by atoms with Gasteiger partial charge in [0, 0.05) is 13.1 Å². The van der Waals surface area contributed by atoms with Crippen molar-refractivity contribution in [1.82, 2.24) is 4.98 Å². The van der Waals surface area contributed by atoms with Gasteiger partial charge >= 0.3 is 0 Å². The molecule has 0 amide bonds. The van der Waals surface area contributed by atoms with Crippen molar-refractivity contribution in [3.05, 3.63) is 24.3 Å². The zero-order valence-electron chi connectivity index (χ0n) is 8.10. The third-order valence-corrected chi connectivity index (χ3v) is 2.21. The first kappa shape index (κ1) is 8.87. The van der Waals surface area contributed by atoms with E-state index in [9.17, 15) is 0 Å². The number of nitrogens with two attached hydrogens (primary N) is 1. The van der Waals surface area contributed by atoms with Crippen molar-refractivity contribution in [1.29, 1.82) is 0 Å². The number of hydrogen-bond acceptors (Lipinski definition) is 4. The second-order valence-corrected chi connectivity index (χ2v) is 3.14. The maximum absolute atomic E-state index is 5.68. The van der Waals surface area contributed by atoms with E-state index in [1.165, 1.54) is 0 Å². The minimum atomic E-state index is 0.495. The predicted octanol–water partition coefficient (Wildman–Crippen LogP) is 1.05. The van der Waals surface area contributed by atoms with E-state index in [-0.39, 0.29) is 0 Å². The zero-order chi connectivity index (χ0) is 9.97. The Morgan fingerprint density at radius 1 is 1.36 bits per heavy atom. The predicted molar refractivity (Wildman–Crippen MR) is 56.6 cm³/mol. The van der Waals surface area contributed by atoms with Crippen molar-refractivity contribution in [3.63, 3.8) is 0 Å². The largest absolute Gasteiger partial charge is 0.479 e. The molecule has 4 heteroatoms. The van der Waals surface area contributed by atoms with Crippen LogP contribution in [0.3, 0.4) is 0 Å². The van der Waals surface area contributed by atoms with Gasteiger partial charge in [0.05, 0.1) is 12.8 Å². The van der Waals surface area contributed by atoms with Crippen LogP contribution in [0.4, 0.5) is 11.5 Å². The van der Waals surface area contributed by atoms with Crippen molar-refractivity contribution in [2.75, 3.05) is 30.8 Å². The van der Waals surface area contributed by atoms with Crippen LogP contribution >= 0.6 is 0 Å². The Hall–Kier alpha value is -1.71. The Morgan fingerprint density at radius 2 is 2.07 bits per heavy atom. The molecule has 4 nitrogen and oxygen atoms in total. The Labute approximate surface area is 83.0 Å². The molecule has 2 N–H and O–H groups in total. The first-order valence-corrected chi connectivity index (χ1v) is 4.51. The van der Waals surface area contributed by atoms with Crippen molar-refractivity contribution in [3.8, 4) is 5.88 Å². The van der Waals surface area contributed by atoms with Crippen LogP contribution < -0.4 is 15.4 Å². The molecule has 0 spiro atoms. The van der Waals surface area contributed by atoms with Gasteiger partial charge in [-0.05, 0) is 12.1 Å². The maximum atomic E-state index is 5.68. The molecule has 0 fully saturated rings. The quantitative estimate of drug-likeness (QED) is 0.710. The summed E-state index contributed by atoms with van der Waals surface area (Å²) in [6.07, 6.45) is 4.23. The van der Waals surface area contributed by atoms with Gasteiger partial charge in [0.15, 0.2) is 0 Å². The van der Waals surface area contributed by atoms with Crippen molar-refractivity contribution >= 4 is 11.5 Å². The van der Waals surface area contributed by atoms with Gasteiger partial charge in [0.25, 0.3) is 0 Å². The molecule has 0 aromatic carbocycles. The number of rotatable bonds is 2. The summed E-state index contributed by atoms with van der Waals surface area (Å²) in [5, 5.41) is 0. The van der Waals surface area contributed by atoms with E-state index in [0.717, 1.165) is 18.9 Å². The van der Waals surface area contributed by atoms with Crippen molar-refractivity contribution in [2.45, 2.75) is 0 Å². The van der Waals surface area contributed by atoms with Crippen LogP contribution in [0.2, 0.25) is 0 Å². The fraction of sp³-hybridized carbons (Fsp3) is 0.300. The van der Waals surface area contributed by atoms with Crippen LogP contribution in [0.25, 0.3) is 0 Å². The lowest BCUT2D eigenvalue weighted by Gasteiger charge is -2.17. The Bertz CT molecular complexity index is 354. The van der Waals surface area contributed by atoms with E-state index in [2.05, 4.69) is 22.0 Å². The third-order valence-electron chi connectivity index (χ3n) is 2.21. The molecule has 1 aliphatic rings. The normalized spacial score (nSPS) is 14.8. The van der Waals surface area contributed by atoms with E-state index >= 15 is 0 Å². The molecule has 1 aromatic rings. The summed E-state index contributed by atoms with van der Waals surface area (Å²) in [7, 11) is 1.57. The second kappa shape index (κ2) is 3.57. The van der Waals surface area contributed by atoms with Gasteiger partial charge in [-0.3, -0.25) is 0 Å².